The fraction of sp³-hybridized carbons (Fsp3) is 0.600. The highest BCUT2D eigenvalue weighted by molar-refractivity contribution is 6.03. The van der Waals surface area contributed by atoms with Crippen LogP contribution in [-0.2, 0) is 9.47 Å². The zero-order chi connectivity index (χ0) is 19.3. The summed E-state index contributed by atoms with van der Waals surface area (Å²) in [6.45, 7) is 11.1. The Morgan fingerprint density at radius 1 is 0.920 bits per heavy atom. The van der Waals surface area contributed by atoms with Crippen molar-refractivity contribution in [1.82, 2.24) is 0 Å². The molecule has 0 N–H and O–H groups in total. The number of benzene rings is 1. The molecule has 0 bridgehead atoms. The second kappa shape index (κ2) is 8.45. The van der Waals surface area contributed by atoms with E-state index < -0.39 is 29.0 Å². The normalized spacial score (nSPS) is 12.0. The molecule has 1 aromatic carbocycles. The number of halogens is 1. The number of hydrogen-bond donors (Lipinski definition) is 0. The van der Waals surface area contributed by atoms with E-state index in [-0.39, 0.29) is 11.1 Å². The lowest BCUT2D eigenvalue weighted by atomic mass is 10.0. The van der Waals surface area contributed by atoms with Gasteiger partial charge < -0.3 is 9.47 Å². The van der Waals surface area contributed by atoms with Gasteiger partial charge in [-0.1, -0.05) is 32.8 Å². The molecule has 0 aliphatic carbocycles. The van der Waals surface area contributed by atoms with Crippen LogP contribution in [0.15, 0.2) is 18.2 Å². The summed E-state index contributed by atoms with van der Waals surface area (Å²) in [6, 6.07) is 3.90. The first-order chi connectivity index (χ1) is 11.5. The van der Waals surface area contributed by atoms with Gasteiger partial charge in [-0.3, -0.25) is 0 Å². The Morgan fingerprint density at radius 3 is 1.88 bits per heavy atom. The van der Waals surface area contributed by atoms with Gasteiger partial charge in [-0.2, -0.15) is 0 Å². The molecule has 0 aliphatic rings. The summed E-state index contributed by atoms with van der Waals surface area (Å²) in [5.74, 6) is -2.37. The quantitative estimate of drug-likeness (QED) is 0.596. The minimum atomic E-state index is -0.850. The van der Waals surface area contributed by atoms with E-state index in [2.05, 4.69) is 0 Å². The second-order valence-electron chi connectivity index (χ2n) is 7.46. The summed E-state index contributed by atoms with van der Waals surface area (Å²) in [6.07, 6.45) is 2.95. The third-order valence-corrected chi connectivity index (χ3v) is 3.88. The van der Waals surface area contributed by atoms with Gasteiger partial charge in [-0.25, -0.2) is 14.0 Å². The van der Waals surface area contributed by atoms with Gasteiger partial charge in [-0.05, 0) is 52.7 Å². The Hall–Kier alpha value is -1.91. The van der Waals surface area contributed by atoms with Crippen molar-refractivity contribution in [1.29, 1.82) is 0 Å². The second-order valence-corrected chi connectivity index (χ2v) is 7.46. The first kappa shape index (κ1) is 21.1. The first-order valence-corrected chi connectivity index (χ1v) is 8.78. The molecule has 0 amide bonds. The lowest BCUT2D eigenvalue weighted by Crippen LogP contribution is -2.31. The maximum Gasteiger partial charge on any atom is 0.342 e. The fourth-order valence-electron chi connectivity index (χ4n) is 2.82. The van der Waals surface area contributed by atoms with E-state index in [1.165, 1.54) is 12.1 Å². The van der Waals surface area contributed by atoms with Gasteiger partial charge in [0.2, 0.25) is 0 Å². The van der Waals surface area contributed by atoms with Crippen molar-refractivity contribution in [3.05, 3.63) is 35.1 Å². The Morgan fingerprint density at radius 2 is 1.40 bits per heavy atom. The van der Waals surface area contributed by atoms with Crippen molar-refractivity contribution in [2.75, 3.05) is 0 Å². The van der Waals surface area contributed by atoms with Crippen LogP contribution < -0.4 is 0 Å². The van der Waals surface area contributed by atoms with Gasteiger partial charge in [0.1, 0.15) is 22.6 Å². The van der Waals surface area contributed by atoms with Crippen molar-refractivity contribution < 1.29 is 23.5 Å². The summed E-state index contributed by atoms with van der Waals surface area (Å²) in [4.78, 5) is 25.0. The van der Waals surface area contributed by atoms with Gasteiger partial charge in [0.05, 0.1) is 5.56 Å². The fourth-order valence-corrected chi connectivity index (χ4v) is 2.82. The number of hydrogen-bond acceptors (Lipinski definition) is 4. The Labute approximate surface area is 149 Å². The van der Waals surface area contributed by atoms with Gasteiger partial charge in [0, 0.05) is 0 Å². The summed E-state index contributed by atoms with van der Waals surface area (Å²) in [5.41, 5.74) is -1.91. The summed E-state index contributed by atoms with van der Waals surface area (Å²) in [5, 5.41) is 0. The molecule has 0 radical (unpaired) electrons. The Kier molecular flexibility index (Phi) is 7.15. The summed E-state index contributed by atoms with van der Waals surface area (Å²) in [7, 11) is 0. The average molecular weight is 352 g/mol. The molecule has 0 aromatic heterocycles. The van der Waals surface area contributed by atoms with E-state index in [4.69, 9.17) is 9.47 Å². The van der Waals surface area contributed by atoms with Gasteiger partial charge in [0.25, 0.3) is 0 Å². The molecule has 4 nitrogen and oxygen atoms in total. The van der Waals surface area contributed by atoms with Crippen LogP contribution in [0.4, 0.5) is 4.39 Å². The summed E-state index contributed by atoms with van der Waals surface area (Å²) < 4.78 is 25.2. The third-order valence-electron chi connectivity index (χ3n) is 3.88. The Bertz CT molecular complexity index is 620. The van der Waals surface area contributed by atoms with Crippen LogP contribution in [0.5, 0.6) is 0 Å². The van der Waals surface area contributed by atoms with E-state index in [0.717, 1.165) is 18.9 Å². The van der Waals surface area contributed by atoms with Crippen molar-refractivity contribution in [2.45, 2.75) is 78.4 Å². The third kappa shape index (κ3) is 6.15. The highest BCUT2D eigenvalue weighted by Gasteiger charge is 2.31. The molecular weight excluding hydrogens is 323 g/mol. The lowest BCUT2D eigenvalue weighted by molar-refractivity contribution is -0.00994. The summed E-state index contributed by atoms with van der Waals surface area (Å²) >= 11 is 0. The molecule has 1 rings (SSSR count). The molecule has 0 saturated carbocycles. The van der Waals surface area contributed by atoms with Crippen LogP contribution >= 0.6 is 0 Å². The van der Waals surface area contributed by atoms with Crippen LogP contribution in [0.25, 0.3) is 0 Å². The molecule has 5 heteroatoms. The van der Waals surface area contributed by atoms with Crippen LogP contribution in [0.2, 0.25) is 0 Å². The molecular formula is C20H29FO4. The van der Waals surface area contributed by atoms with Crippen molar-refractivity contribution in [3.63, 3.8) is 0 Å². The Balaban J connectivity index is 3.13. The molecule has 0 saturated heterocycles. The standard InChI is InChI=1S/C20H29FO4/c1-7-12-19(3,4)24-17(22)14-10-9-11-15(21)16(14)18(23)25-20(5,6)13-8-2/h9-11H,7-8,12-13H2,1-6H3. The minimum absolute atomic E-state index is 0.110. The molecule has 0 aliphatic heterocycles. The molecule has 140 valence electrons. The van der Waals surface area contributed by atoms with Crippen LogP contribution in [0.1, 0.15) is 87.9 Å². The van der Waals surface area contributed by atoms with Crippen molar-refractivity contribution in [2.24, 2.45) is 0 Å². The average Bonchev–Trinajstić information content (AvgIpc) is 2.45. The molecule has 25 heavy (non-hydrogen) atoms. The molecule has 0 unspecified atom stereocenters. The SMILES string of the molecule is CCCC(C)(C)OC(=O)c1cccc(F)c1C(=O)OC(C)(C)CCC. The van der Waals surface area contributed by atoms with Crippen LogP contribution in [0.3, 0.4) is 0 Å². The zero-order valence-electron chi connectivity index (χ0n) is 16.1. The van der Waals surface area contributed by atoms with Crippen molar-refractivity contribution in [3.8, 4) is 0 Å². The highest BCUT2D eigenvalue weighted by atomic mass is 19.1. The van der Waals surface area contributed by atoms with Crippen LogP contribution in [-0.4, -0.2) is 23.1 Å². The molecule has 0 atom stereocenters. The molecule has 0 fully saturated rings. The van der Waals surface area contributed by atoms with Gasteiger partial charge >= 0.3 is 11.9 Å². The number of carbonyl (C=O) groups excluding carboxylic acids is 2. The zero-order valence-corrected chi connectivity index (χ0v) is 16.1. The number of esters is 2. The predicted molar refractivity (Wildman–Crippen MR) is 95.2 cm³/mol. The minimum Gasteiger partial charge on any atom is -0.456 e. The monoisotopic (exact) mass is 352 g/mol. The maximum atomic E-state index is 14.3. The number of rotatable bonds is 8. The first-order valence-electron chi connectivity index (χ1n) is 8.78. The molecule has 0 heterocycles. The topological polar surface area (TPSA) is 52.6 Å². The number of ether oxygens (including phenoxy) is 2. The van der Waals surface area contributed by atoms with Crippen molar-refractivity contribution >= 4 is 11.9 Å². The van der Waals surface area contributed by atoms with Gasteiger partial charge in [0.15, 0.2) is 0 Å². The van der Waals surface area contributed by atoms with E-state index in [0.29, 0.717) is 12.8 Å². The largest absolute Gasteiger partial charge is 0.456 e. The number of carbonyl (C=O) groups is 2. The van der Waals surface area contributed by atoms with E-state index in [1.807, 2.05) is 13.8 Å². The highest BCUT2D eigenvalue weighted by Crippen LogP contribution is 2.25. The molecule has 1 aromatic rings. The van der Waals surface area contributed by atoms with E-state index in [1.54, 1.807) is 27.7 Å². The van der Waals surface area contributed by atoms with E-state index in [9.17, 15) is 14.0 Å². The smallest absolute Gasteiger partial charge is 0.342 e. The lowest BCUT2D eigenvalue weighted by Gasteiger charge is -2.26. The molecule has 0 spiro atoms. The van der Waals surface area contributed by atoms with E-state index >= 15 is 0 Å². The van der Waals surface area contributed by atoms with Gasteiger partial charge in [-0.15, -0.1) is 0 Å². The predicted octanol–water partition coefficient (Wildman–Crippen LogP) is 5.30. The van der Waals surface area contributed by atoms with Crippen LogP contribution in [0, 0.1) is 5.82 Å². The maximum absolute atomic E-state index is 14.3.